The lowest BCUT2D eigenvalue weighted by Gasteiger charge is -2.28. The molecule has 0 saturated heterocycles. The summed E-state index contributed by atoms with van der Waals surface area (Å²) < 4.78 is 53.6. The predicted molar refractivity (Wildman–Crippen MR) is 114 cm³/mol. The monoisotopic (exact) mass is 454 g/mol. The first-order valence-corrected chi connectivity index (χ1v) is 11.4. The summed E-state index contributed by atoms with van der Waals surface area (Å²) in [7, 11) is -1.21. The Hall–Kier alpha value is -2.75. The zero-order valence-corrected chi connectivity index (χ0v) is 18.2. The molecule has 3 rings (SSSR count). The van der Waals surface area contributed by atoms with Gasteiger partial charge in [0.05, 0.1) is 15.5 Å². The van der Waals surface area contributed by atoms with Crippen LogP contribution in [0.4, 0.5) is 25.8 Å². The van der Waals surface area contributed by atoms with Crippen LogP contribution in [0.1, 0.15) is 25.7 Å². The Morgan fingerprint density at radius 2 is 1.81 bits per heavy atom. The van der Waals surface area contributed by atoms with Crippen LogP contribution in [0.5, 0.6) is 0 Å². The Balaban J connectivity index is 1.81. The normalized spacial score (nSPS) is 16.5. The standard InChI is InChI=1S/C21H26F2N3O4S/c1-25(31(28,29)18-6-4-3-5-7-18)17-8-9-19(20(14-17)26(27)30-2)24-15-16-10-12-21(22,23)13-11-16/h3-9,14,16,24H,10-13,15H2,1-2H3/q+1. The molecule has 1 aliphatic carbocycles. The van der Waals surface area contributed by atoms with Crippen LogP contribution in [0.25, 0.3) is 0 Å². The van der Waals surface area contributed by atoms with Crippen LogP contribution in [-0.2, 0) is 14.9 Å². The van der Waals surface area contributed by atoms with Crippen LogP contribution in [0.15, 0.2) is 53.4 Å². The summed E-state index contributed by atoms with van der Waals surface area (Å²) in [5.74, 6) is -2.53. The van der Waals surface area contributed by atoms with Crippen molar-refractivity contribution < 1.29 is 27.0 Å². The molecule has 7 nitrogen and oxygen atoms in total. The first kappa shape index (κ1) is 22.9. The molecule has 0 heterocycles. The number of hydrogen-bond acceptors (Lipinski definition) is 5. The molecule has 1 fully saturated rings. The van der Waals surface area contributed by atoms with Crippen molar-refractivity contribution in [2.75, 3.05) is 30.3 Å². The zero-order valence-electron chi connectivity index (χ0n) is 17.4. The van der Waals surface area contributed by atoms with Gasteiger partial charge in [-0.1, -0.05) is 18.2 Å². The molecule has 2 aromatic rings. The van der Waals surface area contributed by atoms with Crippen molar-refractivity contribution in [3.63, 3.8) is 0 Å². The molecule has 2 aromatic carbocycles. The molecular weight excluding hydrogens is 428 g/mol. The lowest BCUT2D eigenvalue weighted by molar-refractivity contribution is -0.736. The molecule has 168 valence electrons. The predicted octanol–water partition coefficient (Wildman–Crippen LogP) is 4.72. The second kappa shape index (κ2) is 9.17. The highest BCUT2D eigenvalue weighted by atomic mass is 32.2. The van der Waals surface area contributed by atoms with Gasteiger partial charge in [-0.05, 0) is 43.0 Å². The number of nitrogens with one attached hydrogen (secondary N) is 1. The zero-order chi connectivity index (χ0) is 22.6. The summed E-state index contributed by atoms with van der Waals surface area (Å²) >= 11 is 0. The number of hydrogen-bond donors (Lipinski definition) is 1. The summed E-state index contributed by atoms with van der Waals surface area (Å²) in [6.07, 6.45) is 0.520. The molecule has 0 atom stereocenters. The van der Waals surface area contributed by atoms with E-state index < -0.39 is 15.9 Å². The van der Waals surface area contributed by atoms with Crippen molar-refractivity contribution >= 4 is 27.1 Å². The van der Waals surface area contributed by atoms with E-state index in [1.54, 1.807) is 30.3 Å². The van der Waals surface area contributed by atoms with Gasteiger partial charge in [0.1, 0.15) is 5.69 Å². The molecule has 0 radical (unpaired) electrons. The fraction of sp³-hybridized carbons (Fsp3) is 0.429. The lowest BCUT2D eigenvalue weighted by Crippen LogP contribution is -2.28. The number of anilines is 2. The number of rotatable bonds is 8. The summed E-state index contributed by atoms with van der Waals surface area (Å²) in [5.41, 5.74) is 0.805. The summed E-state index contributed by atoms with van der Waals surface area (Å²) in [6, 6.07) is 12.5. The average Bonchev–Trinajstić information content (AvgIpc) is 2.77. The van der Waals surface area contributed by atoms with E-state index in [9.17, 15) is 22.1 Å². The van der Waals surface area contributed by atoms with Gasteiger partial charge in [0, 0.05) is 32.5 Å². The number of sulfonamides is 1. The van der Waals surface area contributed by atoms with Crippen LogP contribution in [0.2, 0.25) is 0 Å². The third kappa shape index (κ3) is 5.30. The highest BCUT2D eigenvalue weighted by molar-refractivity contribution is 7.92. The van der Waals surface area contributed by atoms with Crippen molar-refractivity contribution in [2.24, 2.45) is 5.92 Å². The van der Waals surface area contributed by atoms with Gasteiger partial charge in [-0.2, -0.15) is 0 Å². The van der Waals surface area contributed by atoms with Gasteiger partial charge in [-0.15, -0.1) is 0 Å². The third-order valence-corrected chi connectivity index (χ3v) is 7.33. The average molecular weight is 455 g/mol. The van der Waals surface area contributed by atoms with Crippen molar-refractivity contribution in [3.05, 3.63) is 53.4 Å². The maximum absolute atomic E-state index is 13.4. The number of alkyl halides is 2. The van der Waals surface area contributed by atoms with Gasteiger partial charge in [0.15, 0.2) is 7.11 Å². The SMILES string of the molecule is CO[N+](=O)c1cc(N(C)S(=O)(=O)c2ccccc2)ccc1NCC1CCC(F)(F)CC1. The number of halogens is 2. The van der Waals surface area contributed by atoms with Crippen molar-refractivity contribution in [1.82, 2.24) is 0 Å². The topological polar surface area (TPSA) is 78.7 Å². The van der Waals surface area contributed by atoms with Crippen LogP contribution >= 0.6 is 0 Å². The van der Waals surface area contributed by atoms with Crippen LogP contribution < -0.4 is 9.62 Å². The molecule has 31 heavy (non-hydrogen) atoms. The van der Waals surface area contributed by atoms with E-state index in [1.807, 2.05) is 0 Å². The highest BCUT2D eigenvalue weighted by Crippen LogP contribution is 2.37. The van der Waals surface area contributed by atoms with Gasteiger partial charge in [0.25, 0.3) is 14.9 Å². The minimum Gasteiger partial charge on any atom is -0.379 e. The van der Waals surface area contributed by atoms with Crippen LogP contribution in [0.3, 0.4) is 0 Å². The molecule has 1 saturated carbocycles. The van der Waals surface area contributed by atoms with Gasteiger partial charge in [-0.3, -0.25) is 4.31 Å². The minimum atomic E-state index is -3.81. The van der Waals surface area contributed by atoms with Crippen LogP contribution in [-0.4, -0.2) is 40.0 Å². The van der Waals surface area contributed by atoms with E-state index in [-0.39, 0.29) is 40.0 Å². The Morgan fingerprint density at radius 1 is 1.16 bits per heavy atom. The van der Waals surface area contributed by atoms with E-state index >= 15 is 0 Å². The maximum Gasteiger partial charge on any atom is 0.341 e. The summed E-state index contributed by atoms with van der Waals surface area (Å²) in [5, 5.41) is 3.13. The largest absolute Gasteiger partial charge is 0.379 e. The van der Waals surface area contributed by atoms with E-state index in [0.717, 1.165) is 4.31 Å². The van der Waals surface area contributed by atoms with Crippen molar-refractivity contribution in [3.8, 4) is 0 Å². The molecule has 1 N–H and O–H groups in total. The molecule has 0 spiro atoms. The molecule has 0 aromatic heterocycles. The van der Waals surface area contributed by atoms with Crippen molar-refractivity contribution in [1.29, 1.82) is 0 Å². The quantitative estimate of drug-likeness (QED) is 0.584. The second-order valence-electron chi connectivity index (χ2n) is 7.61. The van der Waals surface area contributed by atoms with Crippen LogP contribution in [0, 0.1) is 10.8 Å². The Bertz CT molecular complexity index is 1020. The fourth-order valence-electron chi connectivity index (χ4n) is 3.56. The molecule has 0 amide bonds. The summed E-state index contributed by atoms with van der Waals surface area (Å²) in [6.45, 7) is 0.429. The number of nitrogens with zero attached hydrogens (tertiary/aromatic N) is 2. The van der Waals surface area contributed by atoms with Gasteiger partial charge in [0.2, 0.25) is 5.92 Å². The van der Waals surface area contributed by atoms with E-state index in [2.05, 4.69) is 5.32 Å². The summed E-state index contributed by atoms with van der Waals surface area (Å²) in [4.78, 5) is 17.4. The molecule has 1 aliphatic rings. The Labute approximate surface area is 180 Å². The molecule has 10 heteroatoms. The van der Waals surface area contributed by atoms with Gasteiger partial charge >= 0.3 is 5.69 Å². The molecule has 0 bridgehead atoms. The first-order valence-electron chi connectivity index (χ1n) is 9.95. The number of benzene rings is 2. The maximum atomic E-state index is 13.4. The first-order chi connectivity index (χ1) is 14.6. The van der Waals surface area contributed by atoms with E-state index in [1.165, 1.54) is 32.4 Å². The second-order valence-corrected chi connectivity index (χ2v) is 9.58. The third-order valence-electron chi connectivity index (χ3n) is 5.53. The van der Waals surface area contributed by atoms with E-state index in [0.29, 0.717) is 25.1 Å². The molecular formula is C21H26F2N3O4S+. The Kier molecular flexibility index (Phi) is 6.78. The highest BCUT2D eigenvalue weighted by Gasteiger charge is 2.35. The van der Waals surface area contributed by atoms with E-state index in [4.69, 9.17) is 4.84 Å². The minimum absolute atomic E-state index is 0.0657. The van der Waals surface area contributed by atoms with Crippen molar-refractivity contribution in [2.45, 2.75) is 36.5 Å². The van der Waals surface area contributed by atoms with Gasteiger partial charge < -0.3 is 5.32 Å². The lowest BCUT2D eigenvalue weighted by atomic mass is 9.87. The molecule has 0 aliphatic heterocycles. The van der Waals surface area contributed by atoms with Gasteiger partial charge in [-0.25, -0.2) is 22.0 Å². The Morgan fingerprint density at radius 3 is 2.42 bits per heavy atom. The fourth-order valence-corrected chi connectivity index (χ4v) is 4.77. The molecule has 0 unspecified atom stereocenters. The smallest absolute Gasteiger partial charge is 0.341 e.